The lowest BCUT2D eigenvalue weighted by molar-refractivity contribution is -0.164. The summed E-state index contributed by atoms with van der Waals surface area (Å²) in [5, 5.41) is 9.39. The molecular formula is C36H51FN2O12. The van der Waals surface area contributed by atoms with Crippen LogP contribution in [0.15, 0.2) is 18.2 Å². The molecule has 14 nitrogen and oxygen atoms in total. The molecule has 0 spiro atoms. The van der Waals surface area contributed by atoms with Gasteiger partial charge in [0, 0.05) is 19.2 Å². The highest BCUT2D eigenvalue weighted by atomic mass is 19.1. The maximum atomic E-state index is 15.7. The zero-order valence-corrected chi connectivity index (χ0v) is 30.0. The van der Waals surface area contributed by atoms with E-state index in [0.717, 1.165) is 17.4 Å². The van der Waals surface area contributed by atoms with Gasteiger partial charge in [-0.15, -0.1) is 0 Å². The molecule has 1 aliphatic carbocycles. The Balaban J connectivity index is 1.77. The monoisotopic (exact) mass is 722 g/mol. The van der Waals surface area contributed by atoms with Crippen LogP contribution in [0.1, 0.15) is 79.1 Å². The highest BCUT2D eigenvalue weighted by Gasteiger charge is 3.02. The SMILES string of the molecule is CCCCOC(=O)N1CC2(C(=O)OCCCC)[C@@](C(=O)OCCCC)(C1)[C@]2(COc1ccc(N2C[C@H](CO)OC2=O)cc1F)C(=O)OCCCC. The molecule has 1 aromatic rings. The van der Waals surface area contributed by atoms with Crippen LogP contribution in [0, 0.1) is 22.1 Å². The van der Waals surface area contributed by atoms with E-state index in [9.17, 15) is 29.1 Å². The van der Waals surface area contributed by atoms with Crippen LogP contribution >= 0.6 is 0 Å². The van der Waals surface area contributed by atoms with Crippen LogP contribution in [-0.4, -0.2) is 105 Å². The minimum atomic E-state index is -2.07. The van der Waals surface area contributed by atoms with Gasteiger partial charge in [-0.3, -0.25) is 19.3 Å². The predicted octanol–water partition coefficient (Wildman–Crippen LogP) is 4.78. The first-order chi connectivity index (χ1) is 24.5. The van der Waals surface area contributed by atoms with Crippen LogP contribution in [-0.2, 0) is 38.1 Å². The van der Waals surface area contributed by atoms with Gasteiger partial charge < -0.3 is 38.4 Å². The zero-order chi connectivity index (χ0) is 37.2. The molecule has 2 saturated heterocycles. The summed E-state index contributed by atoms with van der Waals surface area (Å²) in [6, 6.07) is 3.68. The number of rotatable bonds is 20. The van der Waals surface area contributed by atoms with Gasteiger partial charge >= 0.3 is 30.1 Å². The standard InChI is InChI=1S/C36H51FN2O12/c1-5-9-15-46-29(41)34-22-38(32(44)49-18-12-8-4)23-35(34,30(42)47-16-10-6-2)36(34,31(43)48-17-11-7-3)24-50-28-14-13-25(19-27(28)37)39-20-26(21-40)51-33(39)45/h13-14,19,26,40H,5-12,15-18,20-24H2,1-4H3/t26-,34+,35?,36+/m1/s1. The molecular weight excluding hydrogens is 671 g/mol. The molecule has 2 aliphatic heterocycles. The second-order valence-corrected chi connectivity index (χ2v) is 13.2. The number of amides is 2. The smallest absolute Gasteiger partial charge is 0.414 e. The molecule has 2 heterocycles. The van der Waals surface area contributed by atoms with E-state index < -0.39 is 84.6 Å². The molecule has 3 aliphatic rings. The number of fused-ring (bicyclic) bond motifs is 1. The van der Waals surface area contributed by atoms with E-state index in [1.165, 1.54) is 17.0 Å². The van der Waals surface area contributed by atoms with Gasteiger partial charge in [-0.1, -0.05) is 53.4 Å². The predicted molar refractivity (Wildman–Crippen MR) is 179 cm³/mol. The minimum Gasteiger partial charge on any atom is -0.489 e. The number of aliphatic hydroxyl groups is 1. The van der Waals surface area contributed by atoms with Gasteiger partial charge in [-0.2, -0.15) is 0 Å². The Morgan fingerprint density at radius 3 is 1.80 bits per heavy atom. The van der Waals surface area contributed by atoms with Gasteiger partial charge in [0.2, 0.25) is 0 Å². The summed E-state index contributed by atoms with van der Waals surface area (Å²) >= 11 is 0. The molecule has 0 radical (unpaired) electrons. The quantitative estimate of drug-likeness (QED) is 0.111. The summed E-state index contributed by atoms with van der Waals surface area (Å²) < 4.78 is 49.3. The van der Waals surface area contributed by atoms with Crippen LogP contribution in [0.2, 0.25) is 0 Å². The van der Waals surface area contributed by atoms with Gasteiger partial charge in [0.1, 0.15) is 29.0 Å². The van der Waals surface area contributed by atoms with E-state index in [0.29, 0.717) is 44.9 Å². The highest BCUT2D eigenvalue weighted by Crippen LogP contribution is 2.82. The van der Waals surface area contributed by atoms with Gasteiger partial charge in [0.05, 0.1) is 45.3 Å². The highest BCUT2D eigenvalue weighted by molar-refractivity contribution is 6.09. The van der Waals surface area contributed by atoms with Crippen LogP contribution in [0.4, 0.5) is 19.7 Å². The molecule has 1 saturated carbocycles. The Hall–Kier alpha value is -4.14. The van der Waals surface area contributed by atoms with E-state index >= 15 is 4.39 Å². The molecule has 284 valence electrons. The molecule has 1 N–H and O–H groups in total. The lowest BCUT2D eigenvalue weighted by atomic mass is 9.90. The topological polar surface area (TPSA) is 167 Å². The molecule has 0 bridgehead atoms. The number of nitrogens with zero attached hydrogens (tertiary/aromatic N) is 2. The van der Waals surface area contributed by atoms with Crippen molar-refractivity contribution in [1.29, 1.82) is 0 Å². The van der Waals surface area contributed by atoms with Gasteiger partial charge in [0.15, 0.2) is 11.6 Å². The molecule has 1 aromatic carbocycles. The summed E-state index contributed by atoms with van der Waals surface area (Å²) in [4.78, 5) is 71.0. The second kappa shape index (κ2) is 17.4. The van der Waals surface area contributed by atoms with E-state index in [2.05, 4.69) is 0 Å². The molecule has 4 rings (SSSR count). The van der Waals surface area contributed by atoms with Crippen LogP contribution in [0.25, 0.3) is 0 Å². The van der Waals surface area contributed by atoms with Crippen LogP contribution < -0.4 is 9.64 Å². The number of halogens is 1. The normalized spacial score (nSPS) is 24.8. The Morgan fingerprint density at radius 2 is 1.33 bits per heavy atom. The number of aliphatic hydroxyl groups excluding tert-OH is 1. The van der Waals surface area contributed by atoms with Gasteiger partial charge in [-0.25, -0.2) is 14.0 Å². The molecule has 2 amide bonds. The number of cyclic esters (lactones) is 1. The van der Waals surface area contributed by atoms with E-state index in [1.807, 2.05) is 27.7 Å². The first-order valence-electron chi connectivity index (χ1n) is 18.0. The number of anilines is 1. The fourth-order valence-electron chi connectivity index (χ4n) is 7.03. The Labute approximate surface area is 297 Å². The van der Waals surface area contributed by atoms with Crippen molar-refractivity contribution in [3.8, 4) is 5.75 Å². The third-order valence-electron chi connectivity index (χ3n) is 9.95. The number of hydrogen-bond acceptors (Lipinski definition) is 12. The van der Waals surface area contributed by atoms with E-state index in [1.54, 1.807) is 0 Å². The number of esters is 3. The zero-order valence-electron chi connectivity index (χ0n) is 30.0. The van der Waals surface area contributed by atoms with Crippen molar-refractivity contribution in [1.82, 2.24) is 4.90 Å². The van der Waals surface area contributed by atoms with Crippen molar-refractivity contribution in [2.24, 2.45) is 16.2 Å². The fourth-order valence-corrected chi connectivity index (χ4v) is 7.03. The summed E-state index contributed by atoms with van der Waals surface area (Å²) in [7, 11) is 0. The van der Waals surface area contributed by atoms with Crippen LogP contribution in [0.3, 0.4) is 0 Å². The summed E-state index contributed by atoms with van der Waals surface area (Å²) in [5.74, 6) is -3.97. The fraction of sp³-hybridized carbons (Fsp3) is 0.694. The molecule has 4 atom stereocenters. The number of piperidine rings is 1. The number of likely N-dealkylation sites (tertiary alicyclic amines) is 1. The maximum absolute atomic E-state index is 15.7. The number of benzene rings is 1. The van der Waals surface area contributed by atoms with Crippen molar-refractivity contribution >= 4 is 35.8 Å². The first kappa shape index (κ1) is 39.6. The van der Waals surface area contributed by atoms with Gasteiger partial charge in [0.25, 0.3) is 0 Å². The van der Waals surface area contributed by atoms with Crippen molar-refractivity contribution < 1.29 is 61.9 Å². The summed E-state index contributed by atoms with van der Waals surface area (Å²) in [5.41, 5.74) is -5.93. The number of hydrogen-bond donors (Lipinski definition) is 1. The van der Waals surface area contributed by atoms with Crippen molar-refractivity contribution in [3.05, 3.63) is 24.0 Å². The molecule has 1 unspecified atom stereocenters. The molecule has 3 fully saturated rings. The maximum Gasteiger partial charge on any atom is 0.414 e. The molecule has 0 aromatic heterocycles. The van der Waals surface area contributed by atoms with E-state index in [4.69, 9.17) is 28.4 Å². The Kier molecular flexibility index (Phi) is 13.5. The number of ether oxygens (including phenoxy) is 6. The average molecular weight is 723 g/mol. The van der Waals surface area contributed by atoms with Crippen molar-refractivity contribution in [3.63, 3.8) is 0 Å². The Bertz CT molecular complexity index is 1390. The Morgan fingerprint density at radius 1 is 0.824 bits per heavy atom. The number of unbranched alkanes of at least 4 members (excludes halogenated alkanes) is 4. The van der Waals surface area contributed by atoms with Gasteiger partial charge in [-0.05, 0) is 37.8 Å². The summed E-state index contributed by atoms with van der Waals surface area (Å²) in [6.45, 7) is 5.78. The first-order valence-corrected chi connectivity index (χ1v) is 18.0. The average Bonchev–Trinajstić information content (AvgIpc) is 3.36. The minimum absolute atomic E-state index is 0.00436. The number of carbonyl (C=O) groups is 5. The largest absolute Gasteiger partial charge is 0.489 e. The lowest BCUT2D eigenvalue weighted by Crippen LogP contribution is -2.47. The van der Waals surface area contributed by atoms with Crippen LogP contribution in [0.5, 0.6) is 5.75 Å². The molecule has 15 heteroatoms. The van der Waals surface area contributed by atoms with E-state index in [-0.39, 0.29) is 44.4 Å². The number of carbonyl (C=O) groups excluding carboxylic acids is 5. The van der Waals surface area contributed by atoms with Crippen molar-refractivity contribution in [2.75, 3.05) is 64.2 Å². The summed E-state index contributed by atoms with van der Waals surface area (Å²) in [6.07, 6.45) is 2.64. The lowest BCUT2D eigenvalue weighted by Gasteiger charge is -2.30. The second-order valence-electron chi connectivity index (χ2n) is 13.2. The molecule has 51 heavy (non-hydrogen) atoms. The third-order valence-corrected chi connectivity index (χ3v) is 9.95. The van der Waals surface area contributed by atoms with Crippen molar-refractivity contribution in [2.45, 2.75) is 85.2 Å². The third kappa shape index (κ3) is 7.31.